The molecule has 2 heterocycles. The van der Waals surface area contributed by atoms with Crippen LogP contribution >= 0.6 is 0 Å². The van der Waals surface area contributed by atoms with Crippen LogP contribution in [0, 0.1) is 5.41 Å². The third kappa shape index (κ3) is 6.89. The van der Waals surface area contributed by atoms with Crippen LogP contribution < -0.4 is 16.8 Å². The van der Waals surface area contributed by atoms with Gasteiger partial charge in [-0.05, 0) is 31.2 Å². The number of nitrogen functional groups attached to an aromatic ring is 1. The Balaban J connectivity index is 1.80. The van der Waals surface area contributed by atoms with Crippen molar-refractivity contribution < 1.29 is 27.3 Å². The molecule has 200 valence electrons. The molecule has 0 aliphatic rings. The maximum absolute atomic E-state index is 12.9. The van der Waals surface area contributed by atoms with Gasteiger partial charge in [0.25, 0.3) is 5.91 Å². The number of carbonyl (C=O) groups excluding carboxylic acids is 2. The van der Waals surface area contributed by atoms with Crippen LogP contribution in [0.1, 0.15) is 74.6 Å². The number of nitrogens with two attached hydrogens (primary N) is 2. The van der Waals surface area contributed by atoms with Crippen molar-refractivity contribution >= 4 is 23.5 Å². The summed E-state index contributed by atoms with van der Waals surface area (Å²) in [4.78, 5) is 24.8. The topological polar surface area (TPSA) is 142 Å². The number of amides is 2. The molecule has 0 fully saturated rings. The van der Waals surface area contributed by atoms with Crippen LogP contribution in [0.4, 0.5) is 24.9 Å². The number of rotatable bonds is 8. The molecular formula is C25H31F3N6O3. The monoisotopic (exact) mass is 520 g/mol. The molecule has 3 aromatic rings. The van der Waals surface area contributed by atoms with Crippen molar-refractivity contribution in [1.29, 1.82) is 0 Å². The van der Waals surface area contributed by atoms with Crippen LogP contribution in [0.15, 0.2) is 34.9 Å². The summed E-state index contributed by atoms with van der Waals surface area (Å²) in [6.07, 6.45) is -4.93. The van der Waals surface area contributed by atoms with Crippen LogP contribution in [0.5, 0.6) is 0 Å². The van der Waals surface area contributed by atoms with Gasteiger partial charge in [0, 0.05) is 11.6 Å². The Hall–Kier alpha value is -3.83. The molecule has 2 amide bonds. The number of aromatic nitrogens is 3. The number of hydrogen-bond acceptors (Lipinski definition) is 6. The molecule has 5 N–H and O–H groups in total. The van der Waals surface area contributed by atoms with Crippen molar-refractivity contribution in [3.05, 3.63) is 47.2 Å². The lowest BCUT2D eigenvalue weighted by Crippen LogP contribution is -2.20. The second-order valence-corrected chi connectivity index (χ2v) is 10.3. The molecule has 3 rings (SSSR count). The number of hydrogen-bond donors (Lipinski definition) is 3. The number of halogens is 3. The molecule has 9 nitrogen and oxygen atoms in total. The summed E-state index contributed by atoms with van der Waals surface area (Å²) in [6.45, 7) is 9.21. The molecule has 2 aromatic heterocycles. The summed E-state index contributed by atoms with van der Waals surface area (Å²) >= 11 is 0. The van der Waals surface area contributed by atoms with Crippen molar-refractivity contribution in [2.75, 3.05) is 11.1 Å². The third-order valence-corrected chi connectivity index (χ3v) is 5.73. The van der Waals surface area contributed by atoms with Gasteiger partial charge in [-0.1, -0.05) is 50.2 Å². The molecular weight excluding hydrogens is 489 g/mol. The molecule has 0 aliphatic carbocycles. The molecule has 1 aromatic carbocycles. The van der Waals surface area contributed by atoms with Gasteiger partial charge in [-0.25, -0.2) is 4.68 Å². The van der Waals surface area contributed by atoms with Crippen molar-refractivity contribution in [2.45, 2.75) is 65.6 Å². The van der Waals surface area contributed by atoms with Crippen LogP contribution in [-0.4, -0.2) is 32.9 Å². The highest BCUT2D eigenvalue weighted by Gasteiger charge is 2.33. The Morgan fingerprint density at radius 2 is 1.76 bits per heavy atom. The maximum Gasteiger partial charge on any atom is 0.391 e. The molecule has 12 heteroatoms. The summed E-state index contributed by atoms with van der Waals surface area (Å²) in [5.41, 5.74) is 13.1. The van der Waals surface area contributed by atoms with Crippen molar-refractivity contribution in [3.63, 3.8) is 0 Å². The predicted molar refractivity (Wildman–Crippen MR) is 133 cm³/mol. The van der Waals surface area contributed by atoms with E-state index in [4.69, 9.17) is 16.0 Å². The van der Waals surface area contributed by atoms with Gasteiger partial charge in [-0.3, -0.25) is 14.9 Å². The Morgan fingerprint density at radius 1 is 1.14 bits per heavy atom. The Labute approximate surface area is 212 Å². The van der Waals surface area contributed by atoms with Crippen molar-refractivity contribution in [3.8, 4) is 11.3 Å². The summed E-state index contributed by atoms with van der Waals surface area (Å²) in [5, 5.41) is 10.9. The van der Waals surface area contributed by atoms with Gasteiger partial charge in [-0.2, -0.15) is 18.3 Å². The first-order chi connectivity index (χ1) is 17.1. The maximum atomic E-state index is 12.9. The summed E-state index contributed by atoms with van der Waals surface area (Å²) < 4.78 is 44.8. The first-order valence-corrected chi connectivity index (χ1v) is 11.7. The molecule has 0 radical (unpaired) electrons. The van der Waals surface area contributed by atoms with Crippen LogP contribution in [0.3, 0.4) is 0 Å². The lowest BCUT2D eigenvalue weighted by molar-refractivity contribution is -0.142. The highest BCUT2D eigenvalue weighted by Crippen LogP contribution is 2.34. The zero-order valence-corrected chi connectivity index (χ0v) is 21.3. The van der Waals surface area contributed by atoms with E-state index >= 15 is 0 Å². The highest BCUT2D eigenvalue weighted by molar-refractivity contribution is 6.03. The number of primary amides is 1. The Morgan fingerprint density at radius 3 is 2.30 bits per heavy atom. The van der Waals surface area contributed by atoms with Crippen LogP contribution in [-0.2, 0) is 11.2 Å². The quantitative estimate of drug-likeness (QED) is 0.379. The smallest absolute Gasteiger partial charge is 0.383 e. The van der Waals surface area contributed by atoms with Crippen molar-refractivity contribution in [1.82, 2.24) is 14.9 Å². The number of nitrogens with one attached hydrogen (secondary N) is 1. The van der Waals surface area contributed by atoms with E-state index in [9.17, 15) is 22.8 Å². The molecule has 37 heavy (non-hydrogen) atoms. The van der Waals surface area contributed by atoms with Gasteiger partial charge in [0.1, 0.15) is 17.1 Å². The fraction of sp³-hybridized carbons (Fsp3) is 0.440. The second-order valence-electron chi connectivity index (χ2n) is 10.3. The largest absolute Gasteiger partial charge is 0.391 e. The van der Waals surface area contributed by atoms with E-state index in [1.807, 2.05) is 0 Å². The molecule has 2 atom stereocenters. The predicted octanol–water partition coefficient (Wildman–Crippen LogP) is 5.06. The number of nitrogens with zero attached hydrogens (tertiary/aromatic N) is 3. The summed E-state index contributed by atoms with van der Waals surface area (Å²) in [5.74, 6) is -1.80. The molecule has 0 bridgehead atoms. The van der Waals surface area contributed by atoms with E-state index in [1.165, 1.54) is 6.92 Å². The molecule has 0 spiro atoms. The van der Waals surface area contributed by atoms with Gasteiger partial charge >= 0.3 is 6.18 Å². The first-order valence-electron chi connectivity index (χ1n) is 11.7. The van der Waals surface area contributed by atoms with E-state index < -0.39 is 30.5 Å². The van der Waals surface area contributed by atoms with Gasteiger partial charge in [0.15, 0.2) is 0 Å². The van der Waals surface area contributed by atoms with Gasteiger partial charge in [0.2, 0.25) is 11.8 Å². The molecule has 0 saturated heterocycles. The third-order valence-electron chi connectivity index (χ3n) is 5.73. The van der Waals surface area contributed by atoms with Crippen LogP contribution in [0.25, 0.3) is 11.3 Å². The Kier molecular flexibility index (Phi) is 7.70. The number of anilines is 2. The fourth-order valence-electron chi connectivity index (χ4n) is 3.96. The summed E-state index contributed by atoms with van der Waals surface area (Å²) in [6, 6.07) is 7.05. The standard InChI is InChI=1S/C25H31F3N6O3/c1-13(11-25(26,27)28)34-21(29)19(22(30)35)20(32-34)16-8-6-15(7-9-16)14(2)23(36)31-18-10-17(33-37-18)12-24(3,4)5/h6-10,13-14H,11-12,29H2,1-5H3,(H2,30,35)(H,31,36). The average Bonchev–Trinajstić information content (AvgIpc) is 3.34. The summed E-state index contributed by atoms with van der Waals surface area (Å²) in [7, 11) is 0. The second kappa shape index (κ2) is 10.3. The zero-order chi connectivity index (χ0) is 27.7. The normalized spacial score (nSPS) is 13.8. The lowest BCUT2D eigenvalue weighted by Gasteiger charge is -2.15. The SMILES string of the molecule is CC(C(=O)Nc1cc(CC(C)(C)C)no1)c1ccc(-c2nn(C(C)CC(F)(F)F)c(N)c2C(N)=O)cc1. The number of benzene rings is 1. The van der Waals surface area contributed by atoms with Crippen molar-refractivity contribution in [2.24, 2.45) is 11.1 Å². The number of carbonyl (C=O) groups is 2. The van der Waals surface area contributed by atoms with Crippen LogP contribution in [0.2, 0.25) is 0 Å². The zero-order valence-electron chi connectivity index (χ0n) is 21.3. The van der Waals surface area contributed by atoms with Gasteiger partial charge in [-0.15, -0.1) is 0 Å². The van der Waals surface area contributed by atoms with Gasteiger partial charge < -0.3 is 16.0 Å². The van der Waals surface area contributed by atoms with E-state index in [-0.39, 0.29) is 34.3 Å². The lowest BCUT2D eigenvalue weighted by atomic mass is 9.91. The number of alkyl halides is 3. The fourth-order valence-corrected chi connectivity index (χ4v) is 3.96. The molecule has 0 saturated carbocycles. The van der Waals surface area contributed by atoms with E-state index in [0.717, 1.165) is 10.4 Å². The molecule has 0 aliphatic heterocycles. The van der Waals surface area contributed by atoms with E-state index in [2.05, 4.69) is 36.3 Å². The minimum atomic E-state index is -4.44. The highest BCUT2D eigenvalue weighted by atomic mass is 19.4. The molecule has 2 unspecified atom stereocenters. The minimum Gasteiger partial charge on any atom is -0.383 e. The first kappa shape index (κ1) is 27.8. The van der Waals surface area contributed by atoms with Gasteiger partial charge in [0.05, 0.1) is 24.1 Å². The average molecular weight is 521 g/mol. The van der Waals surface area contributed by atoms with E-state index in [0.29, 0.717) is 17.5 Å². The Bertz CT molecular complexity index is 1270. The van der Waals surface area contributed by atoms with E-state index in [1.54, 1.807) is 37.3 Å². The minimum absolute atomic E-state index is 0.0123.